The van der Waals surface area contributed by atoms with Crippen LogP contribution in [0.3, 0.4) is 0 Å². The van der Waals surface area contributed by atoms with Crippen molar-refractivity contribution in [3.8, 4) is 11.1 Å². The van der Waals surface area contributed by atoms with E-state index in [9.17, 15) is 0 Å². The molecule has 100 valence electrons. The van der Waals surface area contributed by atoms with Crippen molar-refractivity contribution in [2.75, 3.05) is 6.61 Å². The molecular formula is C17H20O2. The van der Waals surface area contributed by atoms with Gasteiger partial charge in [0.15, 0.2) is 0 Å². The average molecular weight is 256 g/mol. The van der Waals surface area contributed by atoms with E-state index in [0.29, 0.717) is 5.92 Å². The summed E-state index contributed by atoms with van der Waals surface area (Å²) in [5, 5.41) is 18.1. The Morgan fingerprint density at radius 1 is 0.789 bits per heavy atom. The Labute approximate surface area is 114 Å². The predicted octanol–water partition coefficient (Wildman–Crippen LogP) is 3.02. The fraction of sp³-hybridized carbons (Fsp3) is 0.294. The van der Waals surface area contributed by atoms with Crippen molar-refractivity contribution in [2.24, 2.45) is 5.92 Å². The van der Waals surface area contributed by atoms with Gasteiger partial charge in [0, 0.05) is 6.61 Å². The highest BCUT2D eigenvalue weighted by Gasteiger charge is 2.03. The van der Waals surface area contributed by atoms with Crippen LogP contribution in [0.4, 0.5) is 0 Å². The minimum Gasteiger partial charge on any atom is -0.396 e. The lowest BCUT2D eigenvalue weighted by Gasteiger charge is -2.09. The van der Waals surface area contributed by atoms with E-state index in [0.717, 1.165) is 17.5 Å². The Bertz CT molecular complexity index is 500. The fourth-order valence-corrected chi connectivity index (χ4v) is 2.10. The number of rotatable bonds is 5. The first-order valence-electron chi connectivity index (χ1n) is 6.63. The second-order valence-electron chi connectivity index (χ2n) is 5.04. The summed E-state index contributed by atoms with van der Waals surface area (Å²) in [6.45, 7) is 2.35. The largest absolute Gasteiger partial charge is 0.396 e. The zero-order valence-corrected chi connectivity index (χ0v) is 11.2. The van der Waals surface area contributed by atoms with E-state index in [1.807, 2.05) is 31.2 Å². The zero-order chi connectivity index (χ0) is 13.7. The highest BCUT2D eigenvalue weighted by Crippen LogP contribution is 2.21. The molecule has 19 heavy (non-hydrogen) atoms. The predicted molar refractivity (Wildman–Crippen MR) is 77.8 cm³/mol. The van der Waals surface area contributed by atoms with Crippen LogP contribution in [0.5, 0.6) is 0 Å². The summed E-state index contributed by atoms with van der Waals surface area (Å²) in [5.74, 6) is 0.301. The van der Waals surface area contributed by atoms with E-state index < -0.39 is 0 Å². The van der Waals surface area contributed by atoms with E-state index in [-0.39, 0.29) is 13.2 Å². The highest BCUT2D eigenvalue weighted by atomic mass is 16.3. The van der Waals surface area contributed by atoms with Gasteiger partial charge in [-0.3, -0.25) is 0 Å². The molecule has 0 spiro atoms. The summed E-state index contributed by atoms with van der Waals surface area (Å²) >= 11 is 0. The molecule has 2 rings (SSSR count). The van der Waals surface area contributed by atoms with Crippen LogP contribution in [0, 0.1) is 5.92 Å². The fourth-order valence-electron chi connectivity index (χ4n) is 2.10. The van der Waals surface area contributed by atoms with Crippen molar-refractivity contribution in [1.29, 1.82) is 0 Å². The monoisotopic (exact) mass is 256 g/mol. The molecule has 0 amide bonds. The van der Waals surface area contributed by atoms with Crippen molar-refractivity contribution < 1.29 is 10.2 Å². The molecule has 0 saturated carbocycles. The first kappa shape index (κ1) is 13.8. The van der Waals surface area contributed by atoms with Crippen LogP contribution in [0.15, 0.2) is 48.5 Å². The Morgan fingerprint density at radius 3 is 1.68 bits per heavy atom. The molecule has 0 aliphatic heterocycles. The van der Waals surface area contributed by atoms with Crippen LogP contribution in [0.2, 0.25) is 0 Å². The third kappa shape index (κ3) is 3.66. The van der Waals surface area contributed by atoms with Gasteiger partial charge < -0.3 is 10.2 Å². The van der Waals surface area contributed by atoms with Crippen LogP contribution in [0.25, 0.3) is 11.1 Å². The number of hydrogen-bond donors (Lipinski definition) is 2. The standard InChI is InChI=1S/C17H20O2/c1-13(11-18)10-14-2-6-16(7-3-14)17-8-4-15(12-19)5-9-17/h2-9,13,18-19H,10-12H2,1H3. The summed E-state index contributed by atoms with van der Waals surface area (Å²) in [6, 6.07) is 16.4. The number of aliphatic hydroxyl groups is 2. The second-order valence-corrected chi connectivity index (χ2v) is 5.04. The molecular weight excluding hydrogens is 236 g/mol. The SMILES string of the molecule is CC(CO)Cc1ccc(-c2ccc(CO)cc2)cc1. The van der Waals surface area contributed by atoms with Crippen molar-refractivity contribution in [3.05, 3.63) is 59.7 Å². The molecule has 0 saturated heterocycles. The molecule has 2 N–H and O–H groups in total. The summed E-state index contributed by atoms with van der Waals surface area (Å²) in [7, 11) is 0. The lowest BCUT2D eigenvalue weighted by molar-refractivity contribution is 0.237. The molecule has 2 aromatic rings. The maximum Gasteiger partial charge on any atom is 0.0681 e. The van der Waals surface area contributed by atoms with Gasteiger partial charge in [-0.05, 0) is 34.6 Å². The van der Waals surface area contributed by atoms with Crippen LogP contribution >= 0.6 is 0 Å². The maximum absolute atomic E-state index is 9.06. The number of hydrogen-bond acceptors (Lipinski definition) is 2. The quantitative estimate of drug-likeness (QED) is 0.863. The lowest BCUT2D eigenvalue weighted by Crippen LogP contribution is -2.04. The molecule has 0 heterocycles. The first-order chi connectivity index (χ1) is 9.22. The third-order valence-corrected chi connectivity index (χ3v) is 3.32. The smallest absolute Gasteiger partial charge is 0.0681 e. The molecule has 0 fully saturated rings. The molecule has 0 aromatic heterocycles. The van der Waals surface area contributed by atoms with Gasteiger partial charge in [-0.2, -0.15) is 0 Å². The third-order valence-electron chi connectivity index (χ3n) is 3.32. The van der Waals surface area contributed by atoms with Crippen molar-refractivity contribution in [1.82, 2.24) is 0 Å². The Morgan fingerprint density at radius 2 is 1.26 bits per heavy atom. The summed E-state index contributed by atoms with van der Waals surface area (Å²) < 4.78 is 0. The minimum atomic E-state index is 0.0816. The summed E-state index contributed by atoms with van der Waals surface area (Å²) in [5.41, 5.74) is 4.50. The molecule has 0 radical (unpaired) electrons. The van der Waals surface area contributed by atoms with Gasteiger partial charge >= 0.3 is 0 Å². The highest BCUT2D eigenvalue weighted by molar-refractivity contribution is 5.63. The van der Waals surface area contributed by atoms with Gasteiger partial charge in [0.25, 0.3) is 0 Å². The van der Waals surface area contributed by atoms with E-state index in [1.54, 1.807) is 0 Å². The van der Waals surface area contributed by atoms with Gasteiger partial charge in [-0.25, -0.2) is 0 Å². The molecule has 0 aliphatic carbocycles. The normalized spacial score (nSPS) is 12.4. The molecule has 0 bridgehead atoms. The van der Waals surface area contributed by atoms with Crippen LogP contribution < -0.4 is 0 Å². The van der Waals surface area contributed by atoms with Crippen molar-refractivity contribution >= 4 is 0 Å². The molecule has 2 aromatic carbocycles. The van der Waals surface area contributed by atoms with Crippen LogP contribution in [-0.2, 0) is 13.0 Å². The van der Waals surface area contributed by atoms with Gasteiger partial charge in [0.1, 0.15) is 0 Å². The van der Waals surface area contributed by atoms with Gasteiger partial charge in [0.2, 0.25) is 0 Å². The molecule has 0 aliphatic rings. The number of aliphatic hydroxyl groups excluding tert-OH is 2. The Kier molecular flexibility index (Phi) is 4.72. The van der Waals surface area contributed by atoms with E-state index in [2.05, 4.69) is 24.3 Å². The van der Waals surface area contributed by atoms with E-state index in [1.165, 1.54) is 11.1 Å². The van der Waals surface area contributed by atoms with Crippen molar-refractivity contribution in [2.45, 2.75) is 20.0 Å². The van der Waals surface area contributed by atoms with Crippen molar-refractivity contribution in [3.63, 3.8) is 0 Å². The summed E-state index contributed by atoms with van der Waals surface area (Å²) in [4.78, 5) is 0. The van der Waals surface area contributed by atoms with Gasteiger partial charge in [-0.1, -0.05) is 55.5 Å². The Hall–Kier alpha value is -1.64. The lowest BCUT2D eigenvalue weighted by atomic mass is 9.98. The molecule has 2 nitrogen and oxygen atoms in total. The average Bonchev–Trinajstić information content (AvgIpc) is 2.48. The first-order valence-corrected chi connectivity index (χ1v) is 6.63. The number of benzene rings is 2. The second kappa shape index (κ2) is 6.50. The van der Waals surface area contributed by atoms with Gasteiger partial charge in [-0.15, -0.1) is 0 Å². The molecule has 2 heteroatoms. The van der Waals surface area contributed by atoms with E-state index in [4.69, 9.17) is 10.2 Å². The van der Waals surface area contributed by atoms with Crippen LogP contribution in [0.1, 0.15) is 18.1 Å². The topological polar surface area (TPSA) is 40.5 Å². The van der Waals surface area contributed by atoms with Crippen LogP contribution in [-0.4, -0.2) is 16.8 Å². The van der Waals surface area contributed by atoms with Gasteiger partial charge in [0.05, 0.1) is 6.61 Å². The zero-order valence-electron chi connectivity index (χ0n) is 11.2. The minimum absolute atomic E-state index is 0.0816. The van der Waals surface area contributed by atoms with E-state index >= 15 is 0 Å². The summed E-state index contributed by atoms with van der Waals surface area (Å²) in [6.07, 6.45) is 0.903. The Balaban J connectivity index is 2.12. The maximum atomic E-state index is 9.06. The molecule has 1 unspecified atom stereocenters. The molecule has 1 atom stereocenters.